The fraction of sp³-hybridized carbons (Fsp3) is 0.308. The summed E-state index contributed by atoms with van der Waals surface area (Å²) in [5, 5.41) is 2.94. The van der Waals surface area contributed by atoms with Gasteiger partial charge in [-0.15, -0.1) is 11.3 Å². The molecule has 2 nitrogen and oxygen atoms in total. The summed E-state index contributed by atoms with van der Waals surface area (Å²) >= 11 is 1.35. The third-order valence-electron chi connectivity index (χ3n) is 2.96. The summed E-state index contributed by atoms with van der Waals surface area (Å²) in [6.07, 6.45) is -4.71. The fourth-order valence-corrected chi connectivity index (χ4v) is 2.91. The highest BCUT2D eigenvalue weighted by Crippen LogP contribution is 2.35. The molecule has 2 rings (SSSR count). The van der Waals surface area contributed by atoms with Crippen molar-refractivity contribution in [2.45, 2.75) is 19.1 Å². The molecule has 0 bridgehead atoms. The fourth-order valence-electron chi connectivity index (χ4n) is 1.98. The first-order valence-electron chi connectivity index (χ1n) is 5.78. The maximum atomic E-state index is 13.3. The smallest absolute Gasteiger partial charge is 0.309 e. The van der Waals surface area contributed by atoms with Gasteiger partial charge in [-0.3, -0.25) is 0 Å². The van der Waals surface area contributed by atoms with Gasteiger partial charge in [0.25, 0.3) is 0 Å². The SMILES string of the molecule is CNC(c1ccc(F)c(C(F)(F)F)c1)c1scnc1C. The van der Waals surface area contributed by atoms with Gasteiger partial charge in [0.15, 0.2) is 0 Å². The molecule has 2 aromatic rings. The average Bonchev–Trinajstić information content (AvgIpc) is 2.77. The lowest BCUT2D eigenvalue weighted by atomic mass is 10.0. The lowest BCUT2D eigenvalue weighted by Gasteiger charge is -2.18. The number of hydrogen-bond acceptors (Lipinski definition) is 3. The number of nitrogens with zero attached hydrogens (tertiary/aromatic N) is 1. The summed E-state index contributed by atoms with van der Waals surface area (Å²) in [4.78, 5) is 4.89. The maximum absolute atomic E-state index is 13.3. The van der Waals surface area contributed by atoms with Crippen molar-refractivity contribution in [2.24, 2.45) is 0 Å². The zero-order chi connectivity index (χ0) is 14.9. The number of aromatic nitrogens is 1. The zero-order valence-corrected chi connectivity index (χ0v) is 11.6. The van der Waals surface area contributed by atoms with Crippen LogP contribution in [0.2, 0.25) is 0 Å². The topological polar surface area (TPSA) is 24.9 Å². The molecule has 0 saturated carbocycles. The lowest BCUT2D eigenvalue weighted by Crippen LogP contribution is -2.19. The first kappa shape index (κ1) is 14.9. The van der Waals surface area contributed by atoms with Crippen LogP contribution in [0, 0.1) is 12.7 Å². The molecule has 108 valence electrons. The Hall–Kier alpha value is -1.47. The van der Waals surface area contributed by atoms with E-state index in [1.807, 2.05) is 0 Å². The molecule has 0 fully saturated rings. The van der Waals surface area contributed by atoms with Gasteiger partial charge in [0.05, 0.1) is 22.8 Å². The lowest BCUT2D eigenvalue weighted by molar-refractivity contribution is -0.140. The quantitative estimate of drug-likeness (QED) is 0.869. The van der Waals surface area contributed by atoms with E-state index in [1.54, 1.807) is 19.5 Å². The zero-order valence-electron chi connectivity index (χ0n) is 10.8. The van der Waals surface area contributed by atoms with Gasteiger partial charge in [-0.05, 0) is 31.7 Å². The molecule has 1 unspecified atom stereocenters. The summed E-state index contributed by atoms with van der Waals surface area (Å²) in [5.74, 6) is -1.27. The Kier molecular flexibility index (Phi) is 4.10. The van der Waals surface area contributed by atoms with Gasteiger partial charge in [0.2, 0.25) is 0 Å². The predicted octanol–water partition coefficient (Wildman–Crippen LogP) is 3.92. The number of benzene rings is 1. The highest BCUT2D eigenvalue weighted by atomic mass is 32.1. The molecule has 0 aliphatic rings. The van der Waals surface area contributed by atoms with Gasteiger partial charge < -0.3 is 5.32 Å². The first-order chi connectivity index (χ1) is 9.34. The predicted molar refractivity (Wildman–Crippen MR) is 69.2 cm³/mol. The molecule has 0 spiro atoms. The normalized spacial score (nSPS) is 13.5. The number of hydrogen-bond donors (Lipinski definition) is 1. The van der Waals surface area contributed by atoms with Crippen molar-refractivity contribution in [3.05, 3.63) is 51.2 Å². The first-order valence-corrected chi connectivity index (χ1v) is 6.66. The van der Waals surface area contributed by atoms with Crippen molar-refractivity contribution < 1.29 is 17.6 Å². The second-order valence-corrected chi connectivity index (χ2v) is 5.15. The monoisotopic (exact) mass is 304 g/mol. The van der Waals surface area contributed by atoms with E-state index in [2.05, 4.69) is 10.3 Å². The van der Waals surface area contributed by atoms with Crippen molar-refractivity contribution in [2.75, 3.05) is 7.05 Å². The molecule has 0 aliphatic carbocycles. The van der Waals surface area contributed by atoms with Crippen LogP contribution in [0.1, 0.15) is 27.7 Å². The van der Waals surface area contributed by atoms with E-state index in [0.717, 1.165) is 22.7 Å². The Labute approximate surface area is 117 Å². The van der Waals surface area contributed by atoms with Crippen LogP contribution in [0.5, 0.6) is 0 Å². The van der Waals surface area contributed by atoms with E-state index in [0.29, 0.717) is 5.56 Å². The Bertz CT molecular complexity index is 607. The second kappa shape index (κ2) is 5.49. The Balaban J connectivity index is 2.49. The Morgan fingerprint density at radius 3 is 2.50 bits per heavy atom. The molecular formula is C13H12F4N2S. The molecule has 0 saturated heterocycles. The van der Waals surface area contributed by atoms with E-state index >= 15 is 0 Å². The van der Waals surface area contributed by atoms with Crippen molar-refractivity contribution in [3.63, 3.8) is 0 Å². The third-order valence-corrected chi connectivity index (χ3v) is 3.96. The van der Waals surface area contributed by atoms with Crippen LogP contribution in [0.25, 0.3) is 0 Å². The number of halogens is 4. The second-order valence-electron chi connectivity index (χ2n) is 4.26. The van der Waals surface area contributed by atoms with Crippen LogP contribution in [0.3, 0.4) is 0 Å². The third kappa shape index (κ3) is 2.83. The van der Waals surface area contributed by atoms with Gasteiger partial charge in [-0.1, -0.05) is 6.07 Å². The van der Waals surface area contributed by atoms with Crippen LogP contribution < -0.4 is 5.32 Å². The van der Waals surface area contributed by atoms with Crippen molar-refractivity contribution in [3.8, 4) is 0 Å². The summed E-state index contributed by atoms with van der Waals surface area (Å²) in [6.45, 7) is 1.78. The Morgan fingerprint density at radius 1 is 1.30 bits per heavy atom. The summed E-state index contributed by atoms with van der Waals surface area (Å²) in [6, 6.07) is 2.60. The van der Waals surface area contributed by atoms with Crippen molar-refractivity contribution in [1.82, 2.24) is 10.3 Å². The van der Waals surface area contributed by atoms with Crippen LogP contribution >= 0.6 is 11.3 Å². The van der Waals surface area contributed by atoms with Gasteiger partial charge in [-0.25, -0.2) is 9.37 Å². The van der Waals surface area contributed by atoms with Crippen LogP contribution in [-0.2, 0) is 6.18 Å². The Morgan fingerprint density at radius 2 is 2.00 bits per heavy atom. The molecule has 0 amide bonds. The molecule has 20 heavy (non-hydrogen) atoms. The minimum Gasteiger partial charge on any atom is -0.309 e. The minimum atomic E-state index is -4.71. The number of rotatable bonds is 3. The number of thiazole rings is 1. The molecular weight excluding hydrogens is 292 g/mol. The van der Waals surface area contributed by atoms with Crippen LogP contribution in [0.4, 0.5) is 17.6 Å². The van der Waals surface area contributed by atoms with Gasteiger partial charge >= 0.3 is 6.18 Å². The summed E-state index contributed by atoms with van der Waals surface area (Å²) in [5.41, 5.74) is 1.47. The molecule has 1 aromatic heterocycles. The van der Waals surface area contributed by atoms with E-state index in [1.165, 1.54) is 17.4 Å². The maximum Gasteiger partial charge on any atom is 0.419 e. The summed E-state index contributed by atoms with van der Waals surface area (Å²) in [7, 11) is 1.64. The number of alkyl halides is 3. The van der Waals surface area contributed by atoms with Gasteiger partial charge in [-0.2, -0.15) is 13.2 Å². The van der Waals surface area contributed by atoms with Crippen LogP contribution in [0.15, 0.2) is 23.7 Å². The molecule has 0 radical (unpaired) electrons. The molecule has 7 heteroatoms. The van der Waals surface area contributed by atoms with E-state index in [-0.39, 0.29) is 0 Å². The summed E-state index contributed by atoms with van der Waals surface area (Å²) < 4.78 is 51.5. The van der Waals surface area contributed by atoms with Gasteiger partial charge in [0.1, 0.15) is 5.82 Å². The molecule has 1 N–H and O–H groups in total. The molecule has 1 heterocycles. The minimum absolute atomic E-state index is 0.355. The van der Waals surface area contributed by atoms with Gasteiger partial charge in [0, 0.05) is 4.88 Å². The van der Waals surface area contributed by atoms with E-state index in [4.69, 9.17) is 0 Å². The van der Waals surface area contributed by atoms with Crippen molar-refractivity contribution >= 4 is 11.3 Å². The largest absolute Gasteiger partial charge is 0.419 e. The standard InChI is InChI=1S/C13H12F4N2S/c1-7-12(20-6-19-7)11(18-2)8-3-4-10(14)9(5-8)13(15,16)17/h3-6,11,18H,1-2H3. The number of nitrogens with one attached hydrogen (secondary N) is 1. The van der Waals surface area contributed by atoms with E-state index in [9.17, 15) is 17.6 Å². The molecule has 1 aromatic carbocycles. The number of aryl methyl sites for hydroxylation is 1. The van der Waals surface area contributed by atoms with Crippen LogP contribution in [-0.4, -0.2) is 12.0 Å². The highest BCUT2D eigenvalue weighted by molar-refractivity contribution is 7.09. The highest BCUT2D eigenvalue weighted by Gasteiger charge is 2.35. The average molecular weight is 304 g/mol. The molecule has 0 aliphatic heterocycles. The van der Waals surface area contributed by atoms with E-state index < -0.39 is 23.6 Å². The van der Waals surface area contributed by atoms with Crippen molar-refractivity contribution in [1.29, 1.82) is 0 Å². The molecule has 1 atom stereocenters.